The van der Waals surface area contributed by atoms with Gasteiger partial charge in [-0.25, -0.2) is 0 Å². The third kappa shape index (κ3) is 2.71. The highest BCUT2D eigenvalue weighted by Gasteiger charge is 2.32. The van der Waals surface area contributed by atoms with E-state index in [0.29, 0.717) is 6.54 Å². The summed E-state index contributed by atoms with van der Waals surface area (Å²) in [6, 6.07) is 0. The van der Waals surface area contributed by atoms with Crippen molar-refractivity contribution in [2.24, 2.45) is 5.92 Å². The number of carbonyl (C=O) groups excluding carboxylic acids is 1. The lowest BCUT2D eigenvalue weighted by molar-refractivity contribution is -0.122. The first-order chi connectivity index (χ1) is 6.68. The van der Waals surface area contributed by atoms with Crippen LogP contribution in [0.15, 0.2) is 0 Å². The first kappa shape index (κ1) is 9.97. The molecule has 0 atom stereocenters. The Balaban J connectivity index is 1.57. The summed E-state index contributed by atoms with van der Waals surface area (Å²) in [4.78, 5) is 11.5. The van der Waals surface area contributed by atoms with E-state index < -0.39 is 0 Å². The highest BCUT2D eigenvalue weighted by atomic mass is 16.2. The molecule has 14 heavy (non-hydrogen) atoms. The highest BCUT2D eigenvalue weighted by Crippen LogP contribution is 2.30. The Kier molecular flexibility index (Phi) is 2.77. The monoisotopic (exact) mass is 196 g/mol. The fourth-order valence-corrected chi connectivity index (χ4v) is 1.92. The van der Waals surface area contributed by atoms with E-state index in [1.165, 1.54) is 19.3 Å². The molecule has 0 bridgehead atoms. The van der Waals surface area contributed by atoms with Gasteiger partial charge in [0.1, 0.15) is 0 Å². The SMILES string of the molecule is CC1(NC(=O)CNCC2CC2)CCC1. The maximum atomic E-state index is 11.5. The molecule has 2 aliphatic carbocycles. The molecule has 2 aliphatic rings. The Bertz CT molecular complexity index is 219. The van der Waals surface area contributed by atoms with Crippen molar-refractivity contribution < 1.29 is 4.79 Å². The second kappa shape index (κ2) is 3.89. The lowest BCUT2D eigenvalue weighted by Gasteiger charge is -2.39. The molecular formula is C11H20N2O. The zero-order valence-electron chi connectivity index (χ0n) is 8.94. The zero-order valence-corrected chi connectivity index (χ0v) is 8.94. The Hall–Kier alpha value is -0.570. The van der Waals surface area contributed by atoms with Crippen molar-refractivity contribution in [3.63, 3.8) is 0 Å². The first-order valence-corrected chi connectivity index (χ1v) is 5.70. The number of nitrogens with one attached hydrogen (secondary N) is 2. The molecule has 2 fully saturated rings. The van der Waals surface area contributed by atoms with Crippen LogP contribution >= 0.6 is 0 Å². The summed E-state index contributed by atoms with van der Waals surface area (Å²) in [7, 11) is 0. The van der Waals surface area contributed by atoms with Gasteiger partial charge in [0.05, 0.1) is 6.54 Å². The molecule has 3 heteroatoms. The molecule has 0 unspecified atom stereocenters. The number of hydrogen-bond donors (Lipinski definition) is 2. The summed E-state index contributed by atoms with van der Waals surface area (Å²) in [5, 5.41) is 6.29. The van der Waals surface area contributed by atoms with E-state index in [-0.39, 0.29) is 11.4 Å². The Morgan fingerprint density at radius 1 is 1.43 bits per heavy atom. The van der Waals surface area contributed by atoms with Crippen molar-refractivity contribution in [2.45, 2.75) is 44.6 Å². The van der Waals surface area contributed by atoms with Gasteiger partial charge in [-0.1, -0.05) is 0 Å². The van der Waals surface area contributed by atoms with Gasteiger partial charge in [0.15, 0.2) is 0 Å². The maximum Gasteiger partial charge on any atom is 0.234 e. The van der Waals surface area contributed by atoms with Crippen LogP contribution in [0.4, 0.5) is 0 Å². The van der Waals surface area contributed by atoms with E-state index in [1.54, 1.807) is 0 Å². The normalized spacial score (nSPS) is 24.1. The number of hydrogen-bond acceptors (Lipinski definition) is 2. The van der Waals surface area contributed by atoms with E-state index in [4.69, 9.17) is 0 Å². The maximum absolute atomic E-state index is 11.5. The molecule has 2 rings (SSSR count). The number of rotatable bonds is 5. The van der Waals surface area contributed by atoms with Crippen LogP contribution in [0.3, 0.4) is 0 Å². The van der Waals surface area contributed by atoms with Crippen LogP contribution in [-0.4, -0.2) is 24.5 Å². The molecule has 3 nitrogen and oxygen atoms in total. The molecule has 0 aromatic carbocycles. The van der Waals surface area contributed by atoms with E-state index in [2.05, 4.69) is 17.6 Å². The third-order valence-electron chi connectivity index (χ3n) is 3.31. The molecule has 1 amide bonds. The van der Waals surface area contributed by atoms with Gasteiger partial charge in [-0.3, -0.25) is 4.79 Å². The predicted molar refractivity (Wildman–Crippen MR) is 56.0 cm³/mol. The van der Waals surface area contributed by atoms with Crippen LogP contribution in [0.2, 0.25) is 0 Å². The number of carbonyl (C=O) groups is 1. The molecule has 0 aliphatic heterocycles. The van der Waals surface area contributed by atoms with Crippen molar-refractivity contribution in [2.75, 3.05) is 13.1 Å². The van der Waals surface area contributed by atoms with Gasteiger partial charge in [-0.05, 0) is 51.5 Å². The van der Waals surface area contributed by atoms with Crippen molar-refractivity contribution in [1.82, 2.24) is 10.6 Å². The van der Waals surface area contributed by atoms with Gasteiger partial charge in [-0.15, -0.1) is 0 Å². The Labute approximate surface area is 85.6 Å². The predicted octanol–water partition coefficient (Wildman–Crippen LogP) is 1.04. The molecule has 0 aromatic rings. The van der Waals surface area contributed by atoms with Crippen molar-refractivity contribution in [3.8, 4) is 0 Å². The van der Waals surface area contributed by atoms with Gasteiger partial charge in [0.25, 0.3) is 0 Å². The Morgan fingerprint density at radius 2 is 2.14 bits per heavy atom. The largest absolute Gasteiger partial charge is 0.350 e. The van der Waals surface area contributed by atoms with E-state index in [0.717, 1.165) is 25.3 Å². The van der Waals surface area contributed by atoms with Crippen LogP contribution in [0.25, 0.3) is 0 Å². The summed E-state index contributed by atoms with van der Waals surface area (Å²) >= 11 is 0. The van der Waals surface area contributed by atoms with Gasteiger partial charge in [-0.2, -0.15) is 0 Å². The van der Waals surface area contributed by atoms with Crippen LogP contribution < -0.4 is 10.6 Å². The average Bonchev–Trinajstić information content (AvgIpc) is 2.85. The van der Waals surface area contributed by atoms with Crippen LogP contribution in [0, 0.1) is 5.92 Å². The second-order valence-electron chi connectivity index (χ2n) is 5.04. The van der Waals surface area contributed by atoms with Gasteiger partial charge < -0.3 is 10.6 Å². The highest BCUT2D eigenvalue weighted by molar-refractivity contribution is 5.78. The minimum Gasteiger partial charge on any atom is -0.350 e. The minimum absolute atomic E-state index is 0.109. The average molecular weight is 196 g/mol. The topological polar surface area (TPSA) is 41.1 Å². The summed E-state index contributed by atoms with van der Waals surface area (Å²) in [5.74, 6) is 1.01. The summed E-state index contributed by atoms with van der Waals surface area (Å²) in [6.45, 7) is 3.64. The fourth-order valence-electron chi connectivity index (χ4n) is 1.92. The van der Waals surface area contributed by atoms with Crippen molar-refractivity contribution in [3.05, 3.63) is 0 Å². The molecule has 0 aromatic heterocycles. The molecule has 0 saturated heterocycles. The second-order valence-corrected chi connectivity index (χ2v) is 5.04. The van der Waals surface area contributed by atoms with E-state index in [1.807, 2.05) is 0 Å². The molecule has 0 heterocycles. The first-order valence-electron chi connectivity index (χ1n) is 5.70. The molecular weight excluding hydrogens is 176 g/mol. The van der Waals surface area contributed by atoms with Crippen LogP contribution in [-0.2, 0) is 4.79 Å². The zero-order chi connectivity index (χ0) is 10.0. The molecule has 2 saturated carbocycles. The summed E-state index contributed by atoms with van der Waals surface area (Å²) in [5.41, 5.74) is 0.109. The third-order valence-corrected chi connectivity index (χ3v) is 3.31. The minimum atomic E-state index is 0.109. The van der Waals surface area contributed by atoms with Crippen LogP contribution in [0.1, 0.15) is 39.0 Å². The Morgan fingerprint density at radius 3 is 2.64 bits per heavy atom. The lowest BCUT2D eigenvalue weighted by Crippen LogP contribution is -2.53. The van der Waals surface area contributed by atoms with Crippen LogP contribution in [0.5, 0.6) is 0 Å². The van der Waals surface area contributed by atoms with Gasteiger partial charge in [0, 0.05) is 5.54 Å². The molecule has 2 N–H and O–H groups in total. The smallest absolute Gasteiger partial charge is 0.234 e. The lowest BCUT2D eigenvalue weighted by atomic mass is 9.78. The summed E-state index contributed by atoms with van der Waals surface area (Å²) < 4.78 is 0. The standard InChI is InChI=1S/C11H20N2O/c1-11(5-2-6-11)13-10(14)8-12-7-9-3-4-9/h9,12H,2-8H2,1H3,(H,13,14). The van der Waals surface area contributed by atoms with Gasteiger partial charge >= 0.3 is 0 Å². The number of amides is 1. The molecule has 0 spiro atoms. The van der Waals surface area contributed by atoms with Crippen molar-refractivity contribution >= 4 is 5.91 Å². The van der Waals surface area contributed by atoms with E-state index >= 15 is 0 Å². The molecule has 80 valence electrons. The van der Waals surface area contributed by atoms with Gasteiger partial charge in [0.2, 0.25) is 5.91 Å². The van der Waals surface area contributed by atoms with Crippen molar-refractivity contribution in [1.29, 1.82) is 0 Å². The summed E-state index contributed by atoms with van der Waals surface area (Å²) in [6.07, 6.45) is 6.22. The fraction of sp³-hybridized carbons (Fsp3) is 0.909. The molecule has 0 radical (unpaired) electrons. The quantitative estimate of drug-likeness (QED) is 0.690. The van der Waals surface area contributed by atoms with E-state index in [9.17, 15) is 4.79 Å².